The summed E-state index contributed by atoms with van der Waals surface area (Å²) in [5.74, 6) is 0. The van der Waals surface area contributed by atoms with Crippen LogP contribution in [0.3, 0.4) is 0 Å². The van der Waals surface area contributed by atoms with Crippen LogP contribution in [0.15, 0.2) is 12.7 Å². The van der Waals surface area contributed by atoms with Crippen LogP contribution < -0.4 is 0 Å². The quantitative estimate of drug-likeness (QED) is 0.444. The molecule has 0 aliphatic heterocycles. The lowest BCUT2D eigenvalue weighted by molar-refractivity contribution is 1.33. The van der Waals surface area contributed by atoms with Gasteiger partial charge in [0, 0.05) is 0 Å². The molecule has 2 heteroatoms. The van der Waals surface area contributed by atoms with Crippen molar-refractivity contribution in [3.8, 4) is 0 Å². The van der Waals surface area contributed by atoms with Gasteiger partial charge in [-0.2, -0.15) is 0 Å². The van der Waals surface area contributed by atoms with E-state index >= 15 is 0 Å². The molecule has 1 radical (unpaired) electrons. The van der Waals surface area contributed by atoms with Gasteiger partial charge in [-0.3, -0.25) is 0 Å². The number of thioether (sulfide) groups is 2. The van der Waals surface area contributed by atoms with Crippen LogP contribution in [0.1, 0.15) is 0 Å². The van der Waals surface area contributed by atoms with Crippen LogP contribution in [0.5, 0.6) is 0 Å². The molecule has 0 saturated carbocycles. The molecule has 0 N–H and O–H groups in total. The monoisotopic (exact) mass is 147 g/mol. The number of rotatable bonds is 3. The normalized spacial score (nSPS) is 11.4. The van der Waals surface area contributed by atoms with Gasteiger partial charge in [-0.25, -0.2) is 0 Å². The molecule has 0 aromatic carbocycles. The first-order valence-electron chi connectivity index (χ1n) is 2.28. The van der Waals surface area contributed by atoms with E-state index in [9.17, 15) is 0 Å². The maximum absolute atomic E-state index is 3.93. The van der Waals surface area contributed by atoms with Crippen LogP contribution in [0.2, 0.25) is 0 Å². The van der Waals surface area contributed by atoms with E-state index in [0.29, 0.717) is 0 Å². The Morgan fingerprint density at radius 2 is 1.75 bits per heavy atom. The van der Waals surface area contributed by atoms with Gasteiger partial charge in [0.2, 0.25) is 0 Å². The Morgan fingerprint density at radius 3 is 1.75 bits per heavy atom. The maximum atomic E-state index is 3.93. The highest BCUT2D eigenvalue weighted by Crippen LogP contribution is 2.33. The van der Waals surface area contributed by atoms with Crippen molar-refractivity contribution in [2.75, 3.05) is 12.5 Å². The van der Waals surface area contributed by atoms with E-state index in [1.54, 1.807) is 23.5 Å². The van der Waals surface area contributed by atoms with Gasteiger partial charge in [-0.05, 0) is 19.4 Å². The Balaban J connectivity index is 3.76. The Bertz CT molecular complexity index is 74.6. The van der Waals surface area contributed by atoms with E-state index in [0.717, 1.165) is 0 Å². The summed E-state index contributed by atoms with van der Waals surface area (Å²) in [4.78, 5) is 0. The van der Waals surface area contributed by atoms with Crippen LogP contribution in [-0.4, -0.2) is 16.6 Å². The predicted molar refractivity (Wildman–Crippen MR) is 45.3 cm³/mol. The van der Waals surface area contributed by atoms with Gasteiger partial charge in [-0.15, -0.1) is 30.1 Å². The Morgan fingerprint density at radius 1 is 1.38 bits per heavy atom. The molecule has 0 rings (SSSR count). The molecule has 8 heavy (non-hydrogen) atoms. The Kier molecular flexibility index (Phi) is 3.65. The molecule has 0 atom stereocenters. The lowest BCUT2D eigenvalue weighted by Gasteiger charge is -2.18. The molecule has 0 aliphatic carbocycles. The fourth-order valence-electron chi connectivity index (χ4n) is 0.250. The van der Waals surface area contributed by atoms with Crippen molar-refractivity contribution in [1.29, 1.82) is 0 Å². The summed E-state index contributed by atoms with van der Waals surface area (Å²) in [6, 6.07) is 0. The molecule has 0 aliphatic rings. The first kappa shape index (κ1) is 8.44. The average molecular weight is 147 g/mol. The Hall–Kier alpha value is 0.440. The molecular formula is C6H11S2. The zero-order valence-electron chi connectivity index (χ0n) is 5.31. The summed E-state index contributed by atoms with van der Waals surface area (Å²) in [5, 5.41) is 0. The maximum Gasteiger partial charge on any atom is 0.0784 e. The van der Waals surface area contributed by atoms with Gasteiger partial charge in [0.05, 0.1) is 4.08 Å². The second-order valence-corrected chi connectivity index (χ2v) is 3.96. The summed E-state index contributed by atoms with van der Waals surface area (Å²) in [5.41, 5.74) is 0. The zero-order valence-corrected chi connectivity index (χ0v) is 6.94. The van der Waals surface area contributed by atoms with Crippen LogP contribution in [0.25, 0.3) is 0 Å². The third kappa shape index (κ3) is 2.14. The first-order valence-corrected chi connectivity index (χ1v) is 4.72. The minimum atomic E-state index is -0.0278. The summed E-state index contributed by atoms with van der Waals surface area (Å²) in [7, 11) is 0. The SMILES string of the molecule is [CH2]C(C=C)(SC)SC. The second-order valence-electron chi connectivity index (χ2n) is 1.42. The molecule has 47 valence electrons. The van der Waals surface area contributed by atoms with Crippen molar-refractivity contribution in [3.63, 3.8) is 0 Å². The van der Waals surface area contributed by atoms with E-state index in [-0.39, 0.29) is 4.08 Å². The molecular weight excluding hydrogens is 136 g/mol. The van der Waals surface area contributed by atoms with Crippen LogP contribution >= 0.6 is 23.5 Å². The van der Waals surface area contributed by atoms with Gasteiger partial charge < -0.3 is 0 Å². The third-order valence-corrected chi connectivity index (χ3v) is 3.72. The zero-order chi connectivity index (χ0) is 6.62. The summed E-state index contributed by atoms with van der Waals surface area (Å²) in [6.45, 7) is 7.60. The first-order chi connectivity index (χ1) is 3.68. The summed E-state index contributed by atoms with van der Waals surface area (Å²) in [6.07, 6.45) is 5.93. The van der Waals surface area contributed by atoms with Crippen LogP contribution in [0.4, 0.5) is 0 Å². The van der Waals surface area contributed by atoms with Gasteiger partial charge >= 0.3 is 0 Å². The molecule has 0 fully saturated rings. The van der Waals surface area contributed by atoms with Crippen molar-refractivity contribution >= 4 is 23.5 Å². The Labute approximate surface area is 60.1 Å². The van der Waals surface area contributed by atoms with Crippen LogP contribution in [-0.2, 0) is 0 Å². The molecule has 0 unspecified atom stereocenters. The molecule has 0 aromatic heterocycles. The fourth-order valence-corrected chi connectivity index (χ4v) is 1.25. The van der Waals surface area contributed by atoms with E-state index in [1.807, 2.05) is 18.6 Å². The van der Waals surface area contributed by atoms with Crippen molar-refractivity contribution in [1.82, 2.24) is 0 Å². The number of hydrogen-bond acceptors (Lipinski definition) is 2. The van der Waals surface area contributed by atoms with E-state index in [1.165, 1.54) is 0 Å². The van der Waals surface area contributed by atoms with E-state index in [4.69, 9.17) is 0 Å². The summed E-state index contributed by atoms with van der Waals surface area (Å²) >= 11 is 3.41. The van der Waals surface area contributed by atoms with Crippen molar-refractivity contribution in [2.45, 2.75) is 4.08 Å². The largest absolute Gasteiger partial charge is 0.143 e. The average Bonchev–Trinajstić information content (AvgIpc) is 1.87. The lowest BCUT2D eigenvalue weighted by Crippen LogP contribution is -2.08. The topological polar surface area (TPSA) is 0 Å². The molecule has 0 saturated heterocycles. The predicted octanol–water partition coefficient (Wildman–Crippen LogP) is 2.43. The van der Waals surface area contributed by atoms with Gasteiger partial charge in [0.15, 0.2) is 0 Å². The molecule has 0 spiro atoms. The van der Waals surface area contributed by atoms with E-state index < -0.39 is 0 Å². The van der Waals surface area contributed by atoms with Gasteiger partial charge in [0.1, 0.15) is 0 Å². The standard InChI is InChI=1S/C6H11S2/c1-5-6(2,7-3)8-4/h5H,1-2H2,3-4H3. The van der Waals surface area contributed by atoms with Crippen molar-refractivity contribution < 1.29 is 0 Å². The van der Waals surface area contributed by atoms with Crippen LogP contribution in [0, 0.1) is 6.92 Å². The highest BCUT2D eigenvalue weighted by atomic mass is 32.2. The third-order valence-electron chi connectivity index (χ3n) is 1.00. The smallest absolute Gasteiger partial charge is 0.0784 e. The second kappa shape index (κ2) is 3.46. The minimum Gasteiger partial charge on any atom is -0.143 e. The lowest BCUT2D eigenvalue weighted by atomic mass is 10.5. The highest BCUT2D eigenvalue weighted by molar-refractivity contribution is 8.18. The minimum absolute atomic E-state index is 0.0278. The molecule has 0 amide bonds. The molecule has 0 heterocycles. The van der Waals surface area contributed by atoms with Gasteiger partial charge in [-0.1, -0.05) is 6.08 Å². The summed E-state index contributed by atoms with van der Waals surface area (Å²) < 4.78 is -0.0278. The molecule has 0 nitrogen and oxygen atoms in total. The van der Waals surface area contributed by atoms with Crippen molar-refractivity contribution in [2.24, 2.45) is 0 Å². The molecule has 0 bridgehead atoms. The van der Waals surface area contributed by atoms with Crippen molar-refractivity contribution in [3.05, 3.63) is 19.6 Å². The van der Waals surface area contributed by atoms with E-state index in [2.05, 4.69) is 13.5 Å². The number of hydrogen-bond donors (Lipinski definition) is 0. The fraction of sp³-hybridized carbons (Fsp3) is 0.500. The highest BCUT2D eigenvalue weighted by Gasteiger charge is 2.14. The van der Waals surface area contributed by atoms with Gasteiger partial charge in [0.25, 0.3) is 0 Å². The molecule has 0 aromatic rings.